The summed E-state index contributed by atoms with van der Waals surface area (Å²) >= 11 is 0. The van der Waals surface area contributed by atoms with E-state index >= 15 is 0 Å². The van der Waals surface area contributed by atoms with Crippen molar-refractivity contribution in [3.05, 3.63) is 0 Å². The van der Waals surface area contributed by atoms with Crippen molar-refractivity contribution in [3.63, 3.8) is 0 Å². The Kier molecular flexibility index (Phi) is 3.91. The summed E-state index contributed by atoms with van der Waals surface area (Å²) in [5.41, 5.74) is 0. The summed E-state index contributed by atoms with van der Waals surface area (Å²) in [4.78, 5) is 13.0. The van der Waals surface area contributed by atoms with Gasteiger partial charge in [0.2, 0.25) is 0 Å². The molecule has 1 N–H and O–H groups in total. The molecular formula is C8H16BNO4. The van der Waals surface area contributed by atoms with Gasteiger partial charge in [-0.1, -0.05) is 0 Å². The zero-order valence-electron chi connectivity index (χ0n) is 8.77. The molecule has 0 spiro atoms. The Morgan fingerprint density at radius 3 is 2.64 bits per heavy atom. The van der Waals surface area contributed by atoms with Crippen LogP contribution in [0.2, 0.25) is 6.82 Å². The fourth-order valence-corrected chi connectivity index (χ4v) is 1.77. The van der Waals surface area contributed by atoms with E-state index in [2.05, 4.69) is 4.74 Å². The normalized spacial score (nSPS) is 27.7. The van der Waals surface area contributed by atoms with E-state index in [0.717, 1.165) is 0 Å². The summed E-state index contributed by atoms with van der Waals surface area (Å²) < 4.78 is 9.82. The van der Waals surface area contributed by atoms with E-state index in [9.17, 15) is 9.82 Å². The maximum Gasteiger partial charge on any atom is 0.377 e. The number of hydrogen-bond donors (Lipinski definition) is 1. The second-order valence-corrected chi connectivity index (χ2v) is 3.46. The molecule has 0 saturated carbocycles. The Balaban J connectivity index is 2.67. The van der Waals surface area contributed by atoms with E-state index in [1.54, 1.807) is 18.7 Å². The van der Waals surface area contributed by atoms with Crippen LogP contribution in [0.15, 0.2) is 0 Å². The first-order valence-corrected chi connectivity index (χ1v) is 4.64. The predicted octanol–water partition coefficient (Wildman–Crippen LogP) is -0.641. The minimum absolute atomic E-state index is 0.00583. The molecule has 0 aromatic rings. The topological polar surface area (TPSA) is 59.0 Å². The second kappa shape index (κ2) is 4.77. The highest BCUT2D eigenvalue weighted by Gasteiger charge is 2.40. The zero-order chi connectivity index (χ0) is 10.7. The van der Waals surface area contributed by atoms with Crippen LogP contribution in [0, 0.1) is 0 Å². The van der Waals surface area contributed by atoms with Gasteiger partial charge in [-0.25, -0.2) is 0 Å². The number of carbonyl (C=O) groups excluding carboxylic acids is 1. The van der Waals surface area contributed by atoms with Crippen LogP contribution in [0.5, 0.6) is 0 Å². The predicted molar refractivity (Wildman–Crippen MR) is 51.8 cm³/mol. The van der Waals surface area contributed by atoms with E-state index in [1.165, 1.54) is 7.11 Å². The maximum atomic E-state index is 11.4. The Bertz CT molecular complexity index is 212. The summed E-state index contributed by atoms with van der Waals surface area (Å²) in [5.74, 6) is -0.314. The highest BCUT2D eigenvalue weighted by Crippen LogP contribution is 2.21. The Hall–Kier alpha value is -0.585. The lowest BCUT2D eigenvalue weighted by Gasteiger charge is -2.22. The van der Waals surface area contributed by atoms with Crippen LogP contribution in [-0.2, 0) is 14.3 Å². The fraction of sp³-hybridized carbons (Fsp3) is 0.875. The van der Waals surface area contributed by atoms with Gasteiger partial charge in [0.15, 0.2) is 0 Å². The molecule has 1 saturated heterocycles. The minimum Gasteiger partial charge on any atom is -0.468 e. The minimum atomic E-state index is -0.653. The molecular weight excluding hydrogens is 185 g/mol. The third-order valence-corrected chi connectivity index (χ3v) is 2.59. The molecule has 1 heterocycles. The highest BCUT2D eigenvalue weighted by atomic mass is 16.5. The van der Waals surface area contributed by atoms with Crippen molar-refractivity contribution in [2.24, 2.45) is 0 Å². The van der Waals surface area contributed by atoms with Gasteiger partial charge in [-0.15, -0.1) is 0 Å². The first kappa shape index (κ1) is 11.5. The smallest absolute Gasteiger partial charge is 0.377 e. The number of hydrogen-bond acceptors (Lipinski definition) is 5. The van der Waals surface area contributed by atoms with Crippen molar-refractivity contribution in [1.82, 2.24) is 4.81 Å². The van der Waals surface area contributed by atoms with Crippen molar-refractivity contribution < 1.29 is 19.3 Å². The van der Waals surface area contributed by atoms with Gasteiger partial charge in [0.05, 0.1) is 13.2 Å². The van der Waals surface area contributed by atoms with Gasteiger partial charge in [-0.2, -0.15) is 0 Å². The second-order valence-electron chi connectivity index (χ2n) is 3.46. The fourth-order valence-electron chi connectivity index (χ4n) is 1.77. The number of nitrogens with zero attached hydrogens (tertiary/aromatic N) is 1. The highest BCUT2D eigenvalue weighted by molar-refractivity contribution is 6.45. The molecule has 0 aromatic carbocycles. The molecule has 1 rings (SSSR count). The number of ether oxygens (including phenoxy) is 2. The first-order valence-electron chi connectivity index (χ1n) is 4.64. The molecule has 1 fully saturated rings. The van der Waals surface area contributed by atoms with Crippen molar-refractivity contribution in [1.29, 1.82) is 0 Å². The third-order valence-electron chi connectivity index (χ3n) is 2.59. The first-order chi connectivity index (χ1) is 6.60. The van der Waals surface area contributed by atoms with Gasteiger partial charge in [-0.05, 0) is 6.82 Å². The van der Waals surface area contributed by atoms with Crippen LogP contribution in [-0.4, -0.2) is 55.8 Å². The standard InChI is InChI=1S/C8H16BNO4/c1-9(12)10-5-6(13-2)4-7(10)8(11)14-3/h6-7,12H,4-5H2,1-3H3. The Labute approximate surface area is 84.1 Å². The molecule has 0 amide bonds. The SMILES string of the molecule is COC(=O)C1CC(OC)CN1B(C)O. The van der Waals surface area contributed by atoms with Crippen molar-refractivity contribution >= 4 is 13.0 Å². The summed E-state index contributed by atoms with van der Waals surface area (Å²) in [6, 6.07) is -0.384. The maximum absolute atomic E-state index is 11.4. The summed E-state index contributed by atoms with van der Waals surface area (Å²) in [7, 11) is 2.30. The average molecular weight is 201 g/mol. The van der Waals surface area contributed by atoms with E-state index in [-0.39, 0.29) is 18.1 Å². The number of rotatable bonds is 3. The lowest BCUT2D eigenvalue weighted by atomic mass is 9.84. The van der Waals surface area contributed by atoms with Gasteiger partial charge >= 0.3 is 13.0 Å². The Morgan fingerprint density at radius 2 is 2.21 bits per heavy atom. The van der Waals surface area contributed by atoms with Crippen LogP contribution in [0.25, 0.3) is 0 Å². The molecule has 0 bridgehead atoms. The van der Waals surface area contributed by atoms with Gasteiger partial charge in [0, 0.05) is 20.1 Å². The quantitative estimate of drug-likeness (QED) is 0.486. The molecule has 0 radical (unpaired) electrons. The molecule has 6 heteroatoms. The molecule has 1 aliphatic rings. The van der Waals surface area contributed by atoms with Crippen LogP contribution in [0.3, 0.4) is 0 Å². The molecule has 5 nitrogen and oxygen atoms in total. The molecule has 14 heavy (non-hydrogen) atoms. The van der Waals surface area contributed by atoms with Crippen molar-refractivity contribution in [2.45, 2.75) is 25.4 Å². The van der Waals surface area contributed by atoms with Gasteiger partial charge in [0.25, 0.3) is 0 Å². The number of carbonyl (C=O) groups is 1. The van der Waals surface area contributed by atoms with Crippen molar-refractivity contribution in [3.8, 4) is 0 Å². The lowest BCUT2D eigenvalue weighted by Crippen LogP contribution is -2.45. The van der Waals surface area contributed by atoms with Crippen LogP contribution < -0.4 is 0 Å². The van der Waals surface area contributed by atoms with Crippen molar-refractivity contribution in [2.75, 3.05) is 20.8 Å². The molecule has 1 aliphatic heterocycles. The van der Waals surface area contributed by atoms with Gasteiger partial charge in [-0.3, -0.25) is 4.79 Å². The summed E-state index contributed by atoms with van der Waals surface area (Å²) in [5, 5.41) is 9.44. The third kappa shape index (κ3) is 2.26. The van der Waals surface area contributed by atoms with Crippen LogP contribution in [0.4, 0.5) is 0 Å². The van der Waals surface area contributed by atoms with E-state index < -0.39 is 7.05 Å². The Morgan fingerprint density at radius 1 is 1.57 bits per heavy atom. The largest absolute Gasteiger partial charge is 0.468 e. The zero-order valence-corrected chi connectivity index (χ0v) is 8.77. The number of methoxy groups -OCH3 is 2. The van der Waals surface area contributed by atoms with Gasteiger partial charge < -0.3 is 19.3 Å². The van der Waals surface area contributed by atoms with E-state index in [0.29, 0.717) is 13.0 Å². The molecule has 0 aliphatic carbocycles. The molecule has 0 aromatic heterocycles. The van der Waals surface area contributed by atoms with Crippen LogP contribution in [0.1, 0.15) is 6.42 Å². The van der Waals surface area contributed by atoms with E-state index in [1.807, 2.05) is 0 Å². The number of esters is 1. The lowest BCUT2D eigenvalue weighted by molar-refractivity contribution is -0.144. The molecule has 2 unspecified atom stereocenters. The van der Waals surface area contributed by atoms with E-state index in [4.69, 9.17) is 4.74 Å². The molecule has 2 atom stereocenters. The van der Waals surface area contributed by atoms with Crippen LogP contribution >= 0.6 is 0 Å². The van der Waals surface area contributed by atoms with Gasteiger partial charge in [0.1, 0.15) is 6.04 Å². The summed E-state index contributed by atoms with van der Waals surface area (Å²) in [6.45, 7) is 2.20. The average Bonchev–Trinajstić information content (AvgIpc) is 2.60. The summed E-state index contributed by atoms with van der Waals surface area (Å²) in [6.07, 6.45) is 0.572. The monoisotopic (exact) mass is 201 g/mol. The molecule has 80 valence electrons.